The lowest BCUT2D eigenvalue weighted by Gasteiger charge is -2.10. The number of aromatic nitrogens is 5. The van der Waals surface area contributed by atoms with Crippen LogP contribution in [-0.4, -0.2) is 24.7 Å². The maximum Gasteiger partial charge on any atom is 0.192 e. The molecule has 0 spiro atoms. The Morgan fingerprint density at radius 1 is 0.906 bits per heavy atom. The number of nitrogens with zero attached hydrogens (tertiary/aromatic N) is 5. The molecule has 0 N–H and O–H groups in total. The van der Waals surface area contributed by atoms with Gasteiger partial charge in [-0.15, -0.1) is 21.5 Å². The van der Waals surface area contributed by atoms with Gasteiger partial charge in [-0.3, -0.25) is 9.55 Å². The lowest BCUT2D eigenvalue weighted by molar-refractivity contribution is 0.628. The van der Waals surface area contributed by atoms with E-state index in [1.54, 1.807) is 41.4 Å². The fourth-order valence-corrected chi connectivity index (χ4v) is 4.97. The van der Waals surface area contributed by atoms with Gasteiger partial charge in [0.25, 0.3) is 0 Å². The van der Waals surface area contributed by atoms with Gasteiger partial charge in [0.05, 0.1) is 17.9 Å². The standard InChI is InChI=1S/C24H18FN5S2/c25-19-11-9-18(10-12-19)22-28-29-24(30(22)14-17-6-2-1-3-7-17)32-16-20-15-31-23(27-20)21-8-4-5-13-26-21/h1-13,15H,14,16H2. The lowest BCUT2D eigenvalue weighted by atomic mass is 10.2. The third kappa shape index (κ3) is 4.61. The summed E-state index contributed by atoms with van der Waals surface area (Å²) < 4.78 is 15.5. The van der Waals surface area contributed by atoms with Crippen molar-refractivity contribution in [3.8, 4) is 22.1 Å². The molecule has 5 nitrogen and oxygen atoms in total. The average molecular weight is 460 g/mol. The molecule has 0 aliphatic carbocycles. The fourth-order valence-electron chi connectivity index (χ4n) is 3.24. The van der Waals surface area contributed by atoms with Crippen LogP contribution in [0.5, 0.6) is 0 Å². The van der Waals surface area contributed by atoms with Crippen molar-refractivity contribution in [1.82, 2.24) is 24.7 Å². The highest BCUT2D eigenvalue weighted by molar-refractivity contribution is 7.98. The second-order valence-electron chi connectivity index (χ2n) is 7.03. The van der Waals surface area contributed by atoms with Crippen LogP contribution in [0.3, 0.4) is 0 Å². The summed E-state index contributed by atoms with van der Waals surface area (Å²) in [5, 5.41) is 12.6. The first-order valence-electron chi connectivity index (χ1n) is 9.98. The maximum atomic E-state index is 13.4. The van der Waals surface area contributed by atoms with Gasteiger partial charge >= 0.3 is 0 Å². The number of halogens is 1. The van der Waals surface area contributed by atoms with Crippen molar-refractivity contribution in [2.75, 3.05) is 0 Å². The summed E-state index contributed by atoms with van der Waals surface area (Å²) in [5.74, 6) is 1.10. The number of rotatable bonds is 7. The van der Waals surface area contributed by atoms with Gasteiger partial charge in [-0.1, -0.05) is 48.2 Å². The molecule has 0 radical (unpaired) electrons. The van der Waals surface area contributed by atoms with Crippen molar-refractivity contribution in [2.24, 2.45) is 0 Å². The Hall–Kier alpha value is -3.36. The molecule has 8 heteroatoms. The van der Waals surface area contributed by atoms with Crippen LogP contribution in [0.1, 0.15) is 11.3 Å². The Morgan fingerprint density at radius 2 is 1.72 bits per heavy atom. The zero-order valence-corrected chi connectivity index (χ0v) is 18.6. The van der Waals surface area contributed by atoms with Crippen molar-refractivity contribution in [3.05, 3.63) is 101 Å². The van der Waals surface area contributed by atoms with E-state index in [1.165, 1.54) is 12.1 Å². The SMILES string of the molecule is Fc1ccc(-c2nnc(SCc3csc(-c4ccccn4)n3)n2Cc2ccccc2)cc1. The monoisotopic (exact) mass is 459 g/mol. The minimum Gasteiger partial charge on any atom is -0.298 e. The Bertz CT molecular complexity index is 1300. The van der Waals surface area contributed by atoms with Crippen LogP contribution < -0.4 is 0 Å². The molecule has 0 saturated heterocycles. The largest absolute Gasteiger partial charge is 0.298 e. The quantitative estimate of drug-likeness (QED) is 0.282. The molecule has 32 heavy (non-hydrogen) atoms. The summed E-state index contributed by atoms with van der Waals surface area (Å²) in [4.78, 5) is 9.09. The third-order valence-corrected chi connectivity index (χ3v) is 6.70. The number of thiazole rings is 1. The Morgan fingerprint density at radius 3 is 2.50 bits per heavy atom. The van der Waals surface area contributed by atoms with Crippen molar-refractivity contribution in [3.63, 3.8) is 0 Å². The Balaban J connectivity index is 1.41. The van der Waals surface area contributed by atoms with Gasteiger partial charge in [-0.2, -0.15) is 0 Å². The van der Waals surface area contributed by atoms with Crippen LogP contribution in [0, 0.1) is 5.82 Å². The van der Waals surface area contributed by atoms with E-state index in [1.807, 2.05) is 36.4 Å². The predicted octanol–water partition coefficient (Wildman–Crippen LogP) is 5.94. The van der Waals surface area contributed by atoms with Gasteiger partial charge in [-0.05, 0) is 42.0 Å². The fraction of sp³-hybridized carbons (Fsp3) is 0.0833. The highest BCUT2D eigenvalue weighted by Crippen LogP contribution is 2.29. The second-order valence-corrected chi connectivity index (χ2v) is 8.83. The molecule has 0 amide bonds. The molecular formula is C24H18FN5S2. The van der Waals surface area contributed by atoms with Gasteiger partial charge in [0.2, 0.25) is 0 Å². The van der Waals surface area contributed by atoms with Gasteiger partial charge in [-0.25, -0.2) is 9.37 Å². The molecule has 0 aliphatic heterocycles. The molecule has 5 rings (SSSR count). The molecule has 0 aliphatic rings. The lowest BCUT2D eigenvalue weighted by Crippen LogP contribution is -2.04. The zero-order chi connectivity index (χ0) is 21.8. The molecule has 0 unspecified atom stereocenters. The first kappa shape index (κ1) is 20.5. The number of hydrogen-bond acceptors (Lipinski definition) is 6. The van der Waals surface area contributed by atoms with Crippen LogP contribution in [0.15, 0.2) is 89.5 Å². The van der Waals surface area contributed by atoms with E-state index in [4.69, 9.17) is 4.98 Å². The summed E-state index contributed by atoms with van der Waals surface area (Å²) >= 11 is 3.17. The predicted molar refractivity (Wildman–Crippen MR) is 126 cm³/mol. The molecule has 0 saturated carbocycles. The average Bonchev–Trinajstić information content (AvgIpc) is 3.47. The third-order valence-electron chi connectivity index (χ3n) is 4.79. The van der Waals surface area contributed by atoms with Crippen molar-refractivity contribution < 1.29 is 4.39 Å². The van der Waals surface area contributed by atoms with Gasteiger partial charge < -0.3 is 0 Å². The van der Waals surface area contributed by atoms with Gasteiger partial charge in [0.1, 0.15) is 10.8 Å². The van der Waals surface area contributed by atoms with Crippen molar-refractivity contribution >= 4 is 23.1 Å². The highest BCUT2D eigenvalue weighted by atomic mass is 32.2. The zero-order valence-electron chi connectivity index (χ0n) is 16.9. The first-order valence-corrected chi connectivity index (χ1v) is 11.8. The van der Waals surface area contributed by atoms with E-state index >= 15 is 0 Å². The number of pyridine rings is 1. The molecule has 2 aromatic carbocycles. The van der Waals surface area contributed by atoms with E-state index in [0.717, 1.165) is 32.7 Å². The van der Waals surface area contributed by atoms with Crippen LogP contribution in [0.2, 0.25) is 0 Å². The van der Waals surface area contributed by atoms with Gasteiger partial charge in [0, 0.05) is 22.9 Å². The van der Waals surface area contributed by atoms with Crippen LogP contribution in [0.25, 0.3) is 22.1 Å². The maximum absolute atomic E-state index is 13.4. The van der Waals surface area contributed by atoms with E-state index in [0.29, 0.717) is 18.1 Å². The highest BCUT2D eigenvalue weighted by Gasteiger charge is 2.16. The summed E-state index contributed by atoms with van der Waals surface area (Å²) in [7, 11) is 0. The second kappa shape index (κ2) is 9.42. The molecule has 3 aromatic heterocycles. The smallest absolute Gasteiger partial charge is 0.192 e. The van der Waals surface area contributed by atoms with E-state index in [9.17, 15) is 4.39 Å². The van der Waals surface area contributed by atoms with Crippen molar-refractivity contribution in [2.45, 2.75) is 17.5 Å². The normalized spacial score (nSPS) is 11.0. The number of thioether (sulfide) groups is 1. The van der Waals surface area contributed by atoms with Crippen LogP contribution in [-0.2, 0) is 12.3 Å². The van der Waals surface area contributed by atoms with E-state index < -0.39 is 0 Å². The van der Waals surface area contributed by atoms with Crippen molar-refractivity contribution in [1.29, 1.82) is 0 Å². The number of benzene rings is 2. The molecular weight excluding hydrogens is 441 g/mol. The van der Waals surface area contributed by atoms with E-state index in [2.05, 4.69) is 37.3 Å². The summed E-state index contributed by atoms with van der Waals surface area (Å²) in [6.07, 6.45) is 1.77. The summed E-state index contributed by atoms with van der Waals surface area (Å²) in [5.41, 5.74) is 3.81. The van der Waals surface area contributed by atoms with E-state index in [-0.39, 0.29) is 5.82 Å². The topological polar surface area (TPSA) is 56.5 Å². The number of hydrogen-bond donors (Lipinski definition) is 0. The van der Waals surface area contributed by atoms with Crippen LogP contribution in [0.4, 0.5) is 4.39 Å². The molecule has 5 aromatic rings. The summed E-state index contributed by atoms with van der Waals surface area (Å²) in [6.45, 7) is 0.624. The first-order chi connectivity index (χ1) is 15.8. The molecule has 158 valence electrons. The minimum atomic E-state index is -0.273. The molecule has 3 heterocycles. The Labute approximate surface area is 193 Å². The van der Waals surface area contributed by atoms with Crippen LogP contribution >= 0.6 is 23.1 Å². The minimum absolute atomic E-state index is 0.273. The van der Waals surface area contributed by atoms with Gasteiger partial charge in [0.15, 0.2) is 11.0 Å². The molecule has 0 fully saturated rings. The molecule has 0 bridgehead atoms. The Kier molecular flexibility index (Phi) is 6.04. The summed E-state index contributed by atoms with van der Waals surface area (Å²) in [6, 6.07) is 22.3. The molecule has 0 atom stereocenters.